The number of nitrogens with zero attached hydrogens (tertiary/aromatic N) is 2. The van der Waals surface area contributed by atoms with Gasteiger partial charge in [-0.2, -0.15) is 5.10 Å². The molecule has 0 fully saturated rings. The van der Waals surface area contributed by atoms with Gasteiger partial charge in [-0.25, -0.2) is 0 Å². The summed E-state index contributed by atoms with van der Waals surface area (Å²) in [5.41, 5.74) is 5.51. The molecule has 0 spiro atoms. The van der Waals surface area contributed by atoms with Gasteiger partial charge < -0.3 is 9.47 Å². The van der Waals surface area contributed by atoms with Crippen LogP contribution in [0, 0.1) is 12.8 Å². The predicted molar refractivity (Wildman–Crippen MR) is 130 cm³/mol. The number of nitrogens with one attached hydrogen (secondary N) is 1. The van der Waals surface area contributed by atoms with E-state index in [1.807, 2.05) is 27.0 Å². The van der Waals surface area contributed by atoms with Gasteiger partial charge in [0, 0.05) is 18.5 Å². The van der Waals surface area contributed by atoms with Crippen molar-refractivity contribution in [2.24, 2.45) is 5.92 Å². The number of hydrogen-bond acceptors (Lipinski definition) is 5. The van der Waals surface area contributed by atoms with Gasteiger partial charge in [0.2, 0.25) is 0 Å². The minimum absolute atomic E-state index is 0.0479. The molecule has 6 nitrogen and oxygen atoms in total. The topological polar surface area (TPSA) is 67.5 Å². The van der Waals surface area contributed by atoms with Crippen molar-refractivity contribution in [3.05, 3.63) is 58.8 Å². The zero-order chi connectivity index (χ0) is 23.8. The number of carbonyl (C=O) groups excluding carboxylic acids is 1. The van der Waals surface area contributed by atoms with Gasteiger partial charge in [-0.15, -0.1) is 0 Å². The molecule has 0 amide bonds. The van der Waals surface area contributed by atoms with Gasteiger partial charge in [0.05, 0.1) is 18.3 Å². The number of fused-ring (bicyclic) bond motifs is 2. The van der Waals surface area contributed by atoms with E-state index in [0.717, 1.165) is 41.7 Å². The lowest BCUT2D eigenvalue weighted by Crippen LogP contribution is -2.38. The first-order valence-electron chi connectivity index (χ1n) is 11.8. The van der Waals surface area contributed by atoms with Gasteiger partial charge in [0.15, 0.2) is 0 Å². The number of hydrogen-bond donors (Lipinski definition) is 1. The first-order valence-corrected chi connectivity index (χ1v) is 11.8. The van der Waals surface area contributed by atoms with E-state index in [4.69, 9.17) is 9.47 Å². The molecule has 1 aliphatic rings. The summed E-state index contributed by atoms with van der Waals surface area (Å²) in [5.74, 6) is 1.08. The molecule has 1 unspecified atom stereocenters. The lowest BCUT2D eigenvalue weighted by Gasteiger charge is -2.31. The van der Waals surface area contributed by atoms with Crippen molar-refractivity contribution in [1.29, 1.82) is 0 Å². The van der Waals surface area contributed by atoms with Crippen molar-refractivity contribution >= 4 is 16.9 Å². The normalized spacial score (nSPS) is 15.5. The summed E-state index contributed by atoms with van der Waals surface area (Å²) in [6, 6.07) is 10.6. The number of rotatable bonds is 6. The maximum absolute atomic E-state index is 12.3. The number of benzene rings is 2. The Kier molecular flexibility index (Phi) is 6.48. The average molecular weight is 450 g/mol. The molecular weight excluding hydrogens is 414 g/mol. The lowest BCUT2D eigenvalue weighted by atomic mass is 9.93. The second-order valence-corrected chi connectivity index (χ2v) is 10.4. The van der Waals surface area contributed by atoms with Crippen LogP contribution in [0.25, 0.3) is 10.9 Å². The molecule has 33 heavy (non-hydrogen) atoms. The van der Waals surface area contributed by atoms with Crippen LogP contribution in [0.3, 0.4) is 0 Å². The van der Waals surface area contributed by atoms with Crippen LogP contribution in [0.15, 0.2) is 36.5 Å². The second-order valence-electron chi connectivity index (χ2n) is 10.4. The van der Waals surface area contributed by atoms with E-state index in [1.54, 1.807) is 0 Å². The Balaban J connectivity index is 1.50. The van der Waals surface area contributed by atoms with Gasteiger partial charge in [-0.3, -0.25) is 14.8 Å². The molecule has 2 heterocycles. The molecule has 0 radical (unpaired) electrons. The molecule has 4 rings (SSSR count). The summed E-state index contributed by atoms with van der Waals surface area (Å²) < 4.78 is 12.1. The van der Waals surface area contributed by atoms with Crippen molar-refractivity contribution < 1.29 is 14.3 Å². The molecule has 1 atom stereocenters. The Labute approximate surface area is 196 Å². The summed E-state index contributed by atoms with van der Waals surface area (Å²) in [5, 5.41) is 8.24. The van der Waals surface area contributed by atoms with Crippen molar-refractivity contribution in [1.82, 2.24) is 15.1 Å². The second kappa shape index (κ2) is 9.18. The molecule has 0 saturated carbocycles. The summed E-state index contributed by atoms with van der Waals surface area (Å²) in [7, 11) is 0. The number of aromatic nitrogens is 2. The van der Waals surface area contributed by atoms with Crippen molar-refractivity contribution in [2.45, 2.75) is 66.2 Å². The SMILES string of the molecule is Cc1c(OC(c2ccc3[nH]ncc3c2)C(C)C)ccc2c1CCN(CC(=O)OC(C)(C)C)C2. The molecular formula is C27H35N3O3. The van der Waals surface area contributed by atoms with E-state index in [9.17, 15) is 4.79 Å². The van der Waals surface area contributed by atoms with Crippen LogP contribution >= 0.6 is 0 Å². The fourth-order valence-electron chi connectivity index (χ4n) is 4.56. The molecule has 2 aromatic carbocycles. The van der Waals surface area contributed by atoms with E-state index in [-0.39, 0.29) is 12.1 Å². The Morgan fingerprint density at radius 3 is 2.73 bits per heavy atom. The maximum Gasteiger partial charge on any atom is 0.320 e. The van der Waals surface area contributed by atoms with Crippen LogP contribution in [0.1, 0.15) is 63.0 Å². The Morgan fingerprint density at radius 2 is 2.00 bits per heavy atom. The minimum Gasteiger partial charge on any atom is -0.485 e. The summed E-state index contributed by atoms with van der Waals surface area (Å²) in [4.78, 5) is 14.4. The first-order chi connectivity index (χ1) is 15.6. The molecule has 176 valence electrons. The molecule has 1 N–H and O–H groups in total. The zero-order valence-electron chi connectivity index (χ0n) is 20.6. The summed E-state index contributed by atoms with van der Waals surface area (Å²) >= 11 is 0. The van der Waals surface area contributed by atoms with Crippen LogP contribution in [0.5, 0.6) is 5.75 Å². The van der Waals surface area contributed by atoms with Gasteiger partial charge in [-0.05, 0) is 80.5 Å². The number of ether oxygens (including phenoxy) is 2. The van der Waals surface area contributed by atoms with Gasteiger partial charge in [0.25, 0.3) is 0 Å². The van der Waals surface area contributed by atoms with Crippen molar-refractivity contribution in [3.63, 3.8) is 0 Å². The molecule has 1 aromatic heterocycles. The smallest absolute Gasteiger partial charge is 0.320 e. The third kappa shape index (κ3) is 5.38. The van der Waals surface area contributed by atoms with E-state index >= 15 is 0 Å². The van der Waals surface area contributed by atoms with Gasteiger partial charge >= 0.3 is 5.97 Å². The fourth-order valence-corrected chi connectivity index (χ4v) is 4.56. The van der Waals surface area contributed by atoms with E-state index in [0.29, 0.717) is 12.5 Å². The summed E-state index contributed by atoms with van der Waals surface area (Å²) in [6.45, 7) is 14.1. The Hall–Kier alpha value is -2.86. The Morgan fingerprint density at radius 1 is 1.21 bits per heavy atom. The number of aromatic amines is 1. The molecule has 1 aliphatic heterocycles. The molecule has 0 bridgehead atoms. The average Bonchev–Trinajstić information content (AvgIpc) is 3.19. The maximum atomic E-state index is 12.3. The fraction of sp³-hybridized carbons (Fsp3) is 0.481. The van der Waals surface area contributed by atoms with Crippen molar-refractivity contribution in [2.75, 3.05) is 13.1 Å². The van der Waals surface area contributed by atoms with E-state index in [1.165, 1.54) is 16.7 Å². The zero-order valence-corrected chi connectivity index (χ0v) is 20.6. The van der Waals surface area contributed by atoms with Crippen LogP contribution in [0.2, 0.25) is 0 Å². The van der Waals surface area contributed by atoms with Crippen LogP contribution < -0.4 is 4.74 Å². The van der Waals surface area contributed by atoms with Crippen LogP contribution in [-0.2, 0) is 22.5 Å². The van der Waals surface area contributed by atoms with E-state index < -0.39 is 5.60 Å². The van der Waals surface area contributed by atoms with Gasteiger partial charge in [-0.1, -0.05) is 26.0 Å². The lowest BCUT2D eigenvalue weighted by molar-refractivity contribution is -0.156. The van der Waals surface area contributed by atoms with Crippen LogP contribution in [-0.4, -0.2) is 39.8 Å². The highest BCUT2D eigenvalue weighted by molar-refractivity contribution is 5.78. The standard InChI is InChI=1S/C27H35N3O3/c1-17(2)26(19-7-9-23-21(13-19)14-28-29-23)32-24-10-8-20-15-30(12-11-22(20)18(24)3)16-25(31)33-27(4,5)6/h7-10,13-14,17,26H,11-12,15-16H2,1-6H3,(H,28,29). The monoisotopic (exact) mass is 449 g/mol. The largest absolute Gasteiger partial charge is 0.485 e. The Bertz CT molecular complexity index is 1140. The van der Waals surface area contributed by atoms with Crippen molar-refractivity contribution in [3.8, 4) is 5.75 Å². The quantitative estimate of drug-likeness (QED) is 0.514. The highest BCUT2D eigenvalue weighted by atomic mass is 16.6. The first kappa shape index (κ1) is 23.3. The highest BCUT2D eigenvalue weighted by Gasteiger charge is 2.25. The van der Waals surface area contributed by atoms with E-state index in [2.05, 4.69) is 66.2 Å². The third-order valence-electron chi connectivity index (χ3n) is 6.14. The third-order valence-corrected chi connectivity index (χ3v) is 6.14. The highest BCUT2D eigenvalue weighted by Crippen LogP contribution is 2.35. The molecule has 0 saturated heterocycles. The molecule has 6 heteroatoms. The minimum atomic E-state index is -0.456. The molecule has 3 aromatic rings. The molecule has 0 aliphatic carbocycles. The van der Waals surface area contributed by atoms with Gasteiger partial charge in [0.1, 0.15) is 17.5 Å². The number of H-pyrrole nitrogens is 1. The summed E-state index contributed by atoms with van der Waals surface area (Å²) in [6.07, 6.45) is 2.70. The number of esters is 1. The number of carbonyl (C=O) groups is 1. The predicted octanol–water partition coefficient (Wildman–Crippen LogP) is 5.35. The van der Waals surface area contributed by atoms with Crippen LogP contribution in [0.4, 0.5) is 0 Å².